The molecule has 1 aliphatic heterocycles. The number of esters is 3. The minimum atomic E-state index is -0.387. The molecule has 0 saturated carbocycles. The van der Waals surface area contributed by atoms with Crippen LogP contribution in [0.25, 0.3) is 0 Å². The van der Waals surface area contributed by atoms with Crippen molar-refractivity contribution in [3.05, 3.63) is 106 Å². The Hall–Kier alpha value is -4.05. The zero-order valence-electron chi connectivity index (χ0n) is 26.2. The van der Waals surface area contributed by atoms with Gasteiger partial charge >= 0.3 is 17.9 Å². The number of benzene rings is 3. The van der Waals surface area contributed by atoms with Crippen LogP contribution < -0.4 is 0 Å². The van der Waals surface area contributed by atoms with Gasteiger partial charge in [-0.15, -0.1) is 0 Å². The van der Waals surface area contributed by atoms with E-state index in [0.29, 0.717) is 36.0 Å². The fourth-order valence-corrected chi connectivity index (χ4v) is 5.21. The fraction of sp³-hybridized carbons (Fsp3) is 0.417. The van der Waals surface area contributed by atoms with Gasteiger partial charge in [-0.1, -0.05) is 36.4 Å². The summed E-state index contributed by atoms with van der Waals surface area (Å²) in [4.78, 5) is 35.1. The minimum Gasteiger partial charge on any atom is -0.465 e. The van der Waals surface area contributed by atoms with Gasteiger partial charge in [-0.25, -0.2) is 14.4 Å². The van der Waals surface area contributed by atoms with Gasteiger partial charge in [-0.05, 0) is 111 Å². The SMILES string of the molecule is COC(=O)c1ccc(CCCC2OC(CCCc3ccc(C(=O)OC)cc3)OC(CCCc3ccc(C(=O)OC)cc3)O2)cc1. The highest BCUT2D eigenvalue weighted by Crippen LogP contribution is 2.26. The average molecular weight is 619 g/mol. The predicted octanol–water partition coefficient (Wildman–Crippen LogP) is 6.46. The van der Waals surface area contributed by atoms with Crippen molar-refractivity contribution in [3.63, 3.8) is 0 Å². The second kappa shape index (κ2) is 17.4. The van der Waals surface area contributed by atoms with Crippen molar-refractivity contribution in [3.8, 4) is 0 Å². The van der Waals surface area contributed by atoms with Gasteiger partial charge in [0.25, 0.3) is 0 Å². The standard InChI is InChI=1S/C36H42O9/c1-40-34(37)28-19-13-25(14-20-28)7-4-10-31-43-32(11-5-8-26-15-21-29(22-16-26)35(38)41-2)45-33(44-31)12-6-9-27-17-23-30(24-18-27)36(39)42-3/h13-24,31-33H,4-12H2,1-3H3. The Balaban J connectivity index is 1.29. The lowest BCUT2D eigenvalue weighted by Crippen LogP contribution is -2.40. The Morgan fingerprint density at radius 1 is 0.467 bits per heavy atom. The zero-order chi connectivity index (χ0) is 32.0. The van der Waals surface area contributed by atoms with Crippen molar-refractivity contribution in [2.24, 2.45) is 0 Å². The molecule has 9 heteroatoms. The predicted molar refractivity (Wildman–Crippen MR) is 167 cm³/mol. The van der Waals surface area contributed by atoms with E-state index in [9.17, 15) is 14.4 Å². The van der Waals surface area contributed by atoms with E-state index in [2.05, 4.69) is 0 Å². The fourth-order valence-electron chi connectivity index (χ4n) is 5.21. The first-order valence-corrected chi connectivity index (χ1v) is 15.4. The Bertz CT molecular complexity index is 1190. The third-order valence-electron chi connectivity index (χ3n) is 7.75. The van der Waals surface area contributed by atoms with Crippen molar-refractivity contribution >= 4 is 17.9 Å². The summed E-state index contributed by atoms with van der Waals surface area (Å²) in [6, 6.07) is 22.3. The molecule has 0 N–H and O–H groups in total. The summed E-state index contributed by atoms with van der Waals surface area (Å²) in [5.41, 5.74) is 4.96. The first kappa shape index (κ1) is 33.8. The van der Waals surface area contributed by atoms with Crippen LogP contribution in [0.4, 0.5) is 0 Å². The van der Waals surface area contributed by atoms with Crippen molar-refractivity contribution in [2.75, 3.05) is 21.3 Å². The number of carbonyl (C=O) groups is 3. The van der Waals surface area contributed by atoms with Crippen molar-refractivity contribution in [1.82, 2.24) is 0 Å². The van der Waals surface area contributed by atoms with E-state index in [1.165, 1.54) is 21.3 Å². The molecule has 0 spiro atoms. The van der Waals surface area contributed by atoms with E-state index in [1.807, 2.05) is 36.4 Å². The molecule has 0 bridgehead atoms. The molecule has 9 nitrogen and oxygen atoms in total. The van der Waals surface area contributed by atoms with Gasteiger partial charge in [0.1, 0.15) is 0 Å². The molecule has 240 valence electrons. The number of aryl methyl sites for hydroxylation is 3. The molecule has 1 fully saturated rings. The first-order valence-electron chi connectivity index (χ1n) is 15.4. The van der Waals surface area contributed by atoms with Crippen LogP contribution in [0.2, 0.25) is 0 Å². The quantitative estimate of drug-likeness (QED) is 0.140. The van der Waals surface area contributed by atoms with Crippen LogP contribution in [0.1, 0.15) is 86.3 Å². The summed E-state index contributed by atoms with van der Waals surface area (Å²) >= 11 is 0. The molecule has 1 saturated heterocycles. The summed E-state index contributed by atoms with van der Waals surface area (Å²) in [5.74, 6) is -1.04. The Kier molecular flexibility index (Phi) is 13.1. The lowest BCUT2D eigenvalue weighted by Gasteiger charge is -2.36. The van der Waals surface area contributed by atoms with E-state index in [-0.39, 0.29) is 36.8 Å². The van der Waals surface area contributed by atoms with Gasteiger partial charge in [0.15, 0.2) is 18.9 Å². The lowest BCUT2D eigenvalue weighted by molar-refractivity contribution is -0.386. The van der Waals surface area contributed by atoms with Crippen molar-refractivity contribution in [1.29, 1.82) is 0 Å². The lowest BCUT2D eigenvalue weighted by atomic mass is 10.0. The van der Waals surface area contributed by atoms with Crippen LogP contribution in [0, 0.1) is 0 Å². The maximum atomic E-state index is 11.7. The van der Waals surface area contributed by atoms with E-state index >= 15 is 0 Å². The monoisotopic (exact) mass is 618 g/mol. The zero-order valence-corrected chi connectivity index (χ0v) is 26.2. The number of hydrogen-bond donors (Lipinski definition) is 0. The molecule has 3 aromatic rings. The second-order valence-corrected chi connectivity index (χ2v) is 10.9. The van der Waals surface area contributed by atoms with Crippen LogP contribution in [0.3, 0.4) is 0 Å². The molecule has 0 radical (unpaired) electrons. The molecule has 1 aliphatic rings. The summed E-state index contributed by atoms with van der Waals surface area (Å²) in [5, 5.41) is 0. The number of rotatable bonds is 15. The third-order valence-corrected chi connectivity index (χ3v) is 7.75. The minimum absolute atomic E-state index is 0.348. The summed E-state index contributed by atoms with van der Waals surface area (Å²) in [7, 11) is 4.12. The molecule has 3 aromatic carbocycles. The molecule has 0 aliphatic carbocycles. The number of hydrogen-bond acceptors (Lipinski definition) is 9. The van der Waals surface area contributed by atoms with Crippen molar-refractivity contribution in [2.45, 2.75) is 76.7 Å². The van der Waals surface area contributed by atoms with E-state index in [4.69, 9.17) is 28.4 Å². The number of carbonyl (C=O) groups excluding carboxylic acids is 3. The second-order valence-electron chi connectivity index (χ2n) is 10.9. The number of methoxy groups -OCH3 is 3. The van der Waals surface area contributed by atoms with E-state index in [0.717, 1.165) is 55.2 Å². The summed E-state index contributed by atoms with van der Waals surface area (Å²) < 4.78 is 33.0. The average Bonchev–Trinajstić information content (AvgIpc) is 3.08. The third kappa shape index (κ3) is 10.5. The van der Waals surface area contributed by atoms with Gasteiger partial charge in [-0.3, -0.25) is 0 Å². The van der Waals surface area contributed by atoms with Crippen molar-refractivity contribution < 1.29 is 42.8 Å². The highest BCUT2D eigenvalue weighted by molar-refractivity contribution is 5.90. The Labute approximate surface area is 264 Å². The number of ether oxygens (including phenoxy) is 6. The normalized spacial score (nSPS) is 17.8. The smallest absolute Gasteiger partial charge is 0.337 e. The Morgan fingerprint density at radius 2 is 0.711 bits per heavy atom. The largest absolute Gasteiger partial charge is 0.465 e. The molecule has 0 aromatic heterocycles. The van der Waals surface area contributed by atoms with Gasteiger partial charge in [-0.2, -0.15) is 0 Å². The molecular formula is C36H42O9. The topological polar surface area (TPSA) is 107 Å². The summed E-state index contributed by atoms with van der Waals surface area (Å²) in [6.45, 7) is 0. The molecule has 4 rings (SSSR count). The van der Waals surface area contributed by atoms with Crippen LogP contribution in [-0.2, 0) is 47.7 Å². The van der Waals surface area contributed by atoms with E-state index < -0.39 is 0 Å². The maximum Gasteiger partial charge on any atom is 0.337 e. The molecule has 0 amide bonds. The van der Waals surface area contributed by atoms with Crippen LogP contribution in [-0.4, -0.2) is 58.1 Å². The van der Waals surface area contributed by atoms with Crippen LogP contribution >= 0.6 is 0 Å². The maximum absolute atomic E-state index is 11.7. The summed E-state index contributed by atoms with van der Waals surface area (Å²) in [6.07, 6.45) is 5.97. The molecule has 0 unspecified atom stereocenters. The first-order chi connectivity index (χ1) is 21.9. The molecular weight excluding hydrogens is 576 g/mol. The van der Waals surface area contributed by atoms with Crippen LogP contribution in [0.5, 0.6) is 0 Å². The van der Waals surface area contributed by atoms with Gasteiger partial charge in [0.05, 0.1) is 38.0 Å². The van der Waals surface area contributed by atoms with E-state index in [1.54, 1.807) is 36.4 Å². The molecule has 1 heterocycles. The molecule has 45 heavy (non-hydrogen) atoms. The highest BCUT2D eigenvalue weighted by Gasteiger charge is 2.30. The molecule has 0 atom stereocenters. The van der Waals surface area contributed by atoms with Gasteiger partial charge in [0.2, 0.25) is 0 Å². The highest BCUT2D eigenvalue weighted by atomic mass is 16.9. The van der Waals surface area contributed by atoms with Gasteiger partial charge in [0, 0.05) is 0 Å². The Morgan fingerprint density at radius 3 is 0.933 bits per heavy atom. The van der Waals surface area contributed by atoms with Crippen LogP contribution in [0.15, 0.2) is 72.8 Å². The van der Waals surface area contributed by atoms with Gasteiger partial charge < -0.3 is 28.4 Å².